The van der Waals surface area contributed by atoms with Gasteiger partial charge in [0.15, 0.2) is 0 Å². The molecule has 0 spiro atoms. The van der Waals surface area contributed by atoms with Crippen LogP contribution in [0.15, 0.2) is 42.6 Å². The number of carboxylic acid groups (broad SMARTS) is 1. The first-order chi connectivity index (χ1) is 23.8. The lowest BCUT2D eigenvalue weighted by atomic mass is 9.98. The predicted molar refractivity (Wildman–Crippen MR) is 197 cm³/mol. The van der Waals surface area contributed by atoms with Gasteiger partial charge in [-0.05, 0) is 94.5 Å². The minimum absolute atomic E-state index is 0.0873. The predicted octanol–water partition coefficient (Wildman–Crippen LogP) is 8.40. The van der Waals surface area contributed by atoms with Gasteiger partial charge < -0.3 is 19.3 Å². The number of benzene rings is 3. The van der Waals surface area contributed by atoms with Crippen molar-refractivity contribution >= 4 is 62.6 Å². The van der Waals surface area contributed by atoms with E-state index in [1.807, 2.05) is 63.7 Å². The Morgan fingerprint density at radius 1 is 1.00 bits per heavy atom. The second-order valence-electron chi connectivity index (χ2n) is 13.3. The number of rotatable bonds is 8. The highest BCUT2D eigenvalue weighted by atomic mass is 35.5. The van der Waals surface area contributed by atoms with Gasteiger partial charge in [0.2, 0.25) is 0 Å². The summed E-state index contributed by atoms with van der Waals surface area (Å²) < 4.78 is 11.8. The molecule has 0 saturated carbocycles. The third-order valence-electron chi connectivity index (χ3n) is 9.95. The summed E-state index contributed by atoms with van der Waals surface area (Å²) in [7, 11) is 3.67. The lowest BCUT2D eigenvalue weighted by Gasteiger charge is -2.34. The third-order valence-corrected chi connectivity index (χ3v) is 10.9. The maximum absolute atomic E-state index is 15.0. The van der Waals surface area contributed by atoms with Crippen molar-refractivity contribution in [1.29, 1.82) is 0 Å². The molecule has 1 atom stereocenters. The van der Waals surface area contributed by atoms with Crippen molar-refractivity contribution in [1.82, 2.24) is 24.1 Å². The molecule has 0 aliphatic carbocycles. The fourth-order valence-corrected chi connectivity index (χ4v) is 7.87. The Bertz CT molecular complexity index is 2360. The van der Waals surface area contributed by atoms with Crippen LogP contribution in [0.1, 0.15) is 68.3 Å². The molecule has 50 heavy (non-hydrogen) atoms. The van der Waals surface area contributed by atoms with Gasteiger partial charge in [0, 0.05) is 59.3 Å². The van der Waals surface area contributed by atoms with Gasteiger partial charge in [0.25, 0.3) is 5.91 Å². The van der Waals surface area contributed by atoms with E-state index < -0.39 is 5.97 Å². The summed E-state index contributed by atoms with van der Waals surface area (Å²) in [5.41, 5.74) is 9.08. The van der Waals surface area contributed by atoms with E-state index in [1.54, 1.807) is 35.0 Å². The van der Waals surface area contributed by atoms with Gasteiger partial charge in [-0.2, -0.15) is 10.2 Å². The SMILES string of the molecule is Cc1cc(OCCCc2c3n(c4c(-c5c(C)nn(C)c5C)c(Cl)ccc24)C(C)CN(c2cc(C(=O)O)cc4c2cnn4C)C3=O)cc(C)c1Cl. The van der Waals surface area contributed by atoms with Gasteiger partial charge in [-0.15, -0.1) is 0 Å². The van der Waals surface area contributed by atoms with Crippen molar-refractivity contribution < 1.29 is 19.4 Å². The van der Waals surface area contributed by atoms with Gasteiger partial charge in [-0.25, -0.2) is 4.79 Å². The molecule has 258 valence electrons. The number of amides is 1. The summed E-state index contributed by atoms with van der Waals surface area (Å²) in [4.78, 5) is 28.9. The smallest absolute Gasteiger partial charge is 0.335 e. The number of halogens is 2. The van der Waals surface area contributed by atoms with Crippen molar-refractivity contribution in [2.24, 2.45) is 14.1 Å². The Balaban J connectivity index is 1.39. The third kappa shape index (κ3) is 5.32. The van der Waals surface area contributed by atoms with E-state index in [0.29, 0.717) is 53.3 Å². The molecule has 6 aromatic rings. The summed E-state index contributed by atoms with van der Waals surface area (Å²) >= 11 is 13.4. The first-order valence-corrected chi connectivity index (χ1v) is 17.3. The first kappa shape index (κ1) is 33.7. The number of hydrogen-bond donors (Lipinski definition) is 1. The zero-order valence-electron chi connectivity index (χ0n) is 29.1. The van der Waals surface area contributed by atoms with E-state index in [2.05, 4.69) is 16.6 Å². The Morgan fingerprint density at radius 3 is 2.38 bits per heavy atom. The van der Waals surface area contributed by atoms with E-state index in [1.165, 1.54) is 0 Å². The molecule has 0 radical (unpaired) electrons. The number of carboxylic acids is 1. The second-order valence-corrected chi connectivity index (χ2v) is 14.1. The lowest BCUT2D eigenvalue weighted by molar-refractivity contribution is 0.0696. The molecule has 10 nitrogen and oxygen atoms in total. The van der Waals surface area contributed by atoms with Gasteiger partial charge >= 0.3 is 5.97 Å². The van der Waals surface area contributed by atoms with Gasteiger partial charge in [0.1, 0.15) is 11.4 Å². The molecule has 12 heteroatoms. The Morgan fingerprint density at radius 2 is 1.72 bits per heavy atom. The molecule has 1 N–H and O–H groups in total. The quantitative estimate of drug-likeness (QED) is 0.159. The molecule has 1 aliphatic rings. The molecule has 1 unspecified atom stereocenters. The Hall–Kier alpha value is -4.80. The van der Waals surface area contributed by atoms with Crippen molar-refractivity contribution in [3.05, 3.63) is 92.0 Å². The number of aromatic carboxylic acids is 1. The zero-order chi connectivity index (χ0) is 35.8. The van der Waals surface area contributed by atoms with Gasteiger partial charge in [-0.1, -0.05) is 29.3 Å². The minimum Gasteiger partial charge on any atom is -0.494 e. The van der Waals surface area contributed by atoms with Crippen LogP contribution in [-0.4, -0.2) is 54.3 Å². The van der Waals surface area contributed by atoms with E-state index in [0.717, 1.165) is 60.9 Å². The fourth-order valence-electron chi connectivity index (χ4n) is 7.51. The lowest BCUT2D eigenvalue weighted by Crippen LogP contribution is -2.43. The summed E-state index contributed by atoms with van der Waals surface area (Å²) in [5.74, 6) is -0.540. The number of nitrogens with zero attached hydrogens (tertiary/aromatic N) is 6. The standard InChI is InChI=1S/C38H38Cl2N6O4/c1-19-13-25(14-20(2)34(19)40)50-12-8-9-26-27-10-11-29(39)33(32-22(4)42-43(6)23(32)5)35(27)46-21(3)18-45(37(47)36(26)46)31-16-24(38(48)49)15-30-28(31)17-41-44(30)7/h10-11,13-17,21H,8-9,12,18H2,1-7H3,(H,48,49). The molecular formula is C38H38Cl2N6O4. The van der Waals surface area contributed by atoms with Crippen LogP contribution in [0.3, 0.4) is 0 Å². The average Bonchev–Trinajstić information content (AvgIpc) is 3.70. The highest BCUT2D eigenvalue weighted by Crippen LogP contribution is 2.45. The molecule has 1 amide bonds. The molecule has 0 bridgehead atoms. The highest BCUT2D eigenvalue weighted by molar-refractivity contribution is 6.35. The van der Waals surface area contributed by atoms with Crippen LogP contribution < -0.4 is 9.64 Å². The van der Waals surface area contributed by atoms with Crippen LogP contribution in [0, 0.1) is 27.7 Å². The molecule has 7 rings (SSSR count). The number of fused-ring (bicyclic) bond motifs is 4. The normalized spacial score (nSPS) is 14.6. The summed E-state index contributed by atoms with van der Waals surface area (Å²) in [6.07, 6.45) is 2.88. The second kappa shape index (κ2) is 12.5. The van der Waals surface area contributed by atoms with Crippen LogP contribution in [0.2, 0.25) is 10.0 Å². The number of anilines is 1. The number of carbonyl (C=O) groups is 2. The summed E-state index contributed by atoms with van der Waals surface area (Å²) in [5, 5.41) is 22.0. The molecule has 0 fully saturated rings. The maximum Gasteiger partial charge on any atom is 0.335 e. The van der Waals surface area contributed by atoms with Crippen LogP contribution in [0.4, 0.5) is 5.69 Å². The van der Waals surface area contributed by atoms with Crippen LogP contribution >= 0.6 is 23.2 Å². The number of hydrogen-bond acceptors (Lipinski definition) is 5. The van der Waals surface area contributed by atoms with Crippen molar-refractivity contribution in [3.8, 4) is 16.9 Å². The van der Waals surface area contributed by atoms with Gasteiger partial charge in [-0.3, -0.25) is 14.2 Å². The van der Waals surface area contributed by atoms with E-state index in [-0.39, 0.29) is 17.5 Å². The maximum atomic E-state index is 15.0. The topological polar surface area (TPSA) is 107 Å². The molecule has 4 heterocycles. The van der Waals surface area contributed by atoms with E-state index in [4.69, 9.17) is 33.0 Å². The largest absolute Gasteiger partial charge is 0.494 e. The Labute approximate surface area is 299 Å². The summed E-state index contributed by atoms with van der Waals surface area (Å²) in [6, 6.07) is 10.7. The van der Waals surface area contributed by atoms with Crippen molar-refractivity contribution in [2.45, 2.75) is 53.5 Å². The molecular weight excluding hydrogens is 675 g/mol. The number of aryl methyl sites for hydroxylation is 6. The summed E-state index contributed by atoms with van der Waals surface area (Å²) in [6.45, 7) is 10.7. The molecule has 1 aliphatic heterocycles. The number of carbonyl (C=O) groups excluding carboxylic acids is 1. The molecule has 3 aromatic carbocycles. The molecule has 3 aromatic heterocycles. The monoisotopic (exact) mass is 712 g/mol. The fraction of sp³-hybridized carbons (Fsp3) is 0.316. The van der Waals surface area contributed by atoms with E-state index >= 15 is 0 Å². The molecule has 0 saturated heterocycles. The minimum atomic E-state index is -1.07. The van der Waals surface area contributed by atoms with E-state index in [9.17, 15) is 14.7 Å². The van der Waals surface area contributed by atoms with Gasteiger partial charge in [0.05, 0.1) is 45.8 Å². The van der Waals surface area contributed by atoms with Crippen LogP contribution in [-0.2, 0) is 20.5 Å². The van der Waals surface area contributed by atoms with Crippen molar-refractivity contribution in [2.75, 3.05) is 18.1 Å². The van der Waals surface area contributed by atoms with Crippen molar-refractivity contribution in [3.63, 3.8) is 0 Å². The number of aromatic nitrogens is 5. The van der Waals surface area contributed by atoms with Crippen LogP contribution in [0.5, 0.6) is 5.75 Å². The zero-order valence-corrected chi connectivity index (χ0v) is 30.6. The average molecular weight is 714 g/mol. The number of ether oxygens (including phenoxy) is 1. The highest BCUT2D eigenvalue weighted by Gasteiger charge is 2.37. The Kier molecular flexibility index (Phi) is 8.43. The van der Waals surface area contributed by atoms with Crippen LogP contribution in [0.25, 0.3) is 32.9 Å². The first-order valence-electron chi connectivity index (χ1n) is 16.5.